The second kappa shape index (κ2) is 6.31. The normalized spacial score (nSPS) is 21.8. The van der Waals surface area contributed by atoms with E-state index in [4.69, 9.17) is 8.92 Å². The summed E-state index contributed by atoms with van der Waals surface area (Å²) >= 11 is 0. The Labute approximate surface area is 134 Å². The lowest BCUT2D eigenvalue weighted by atomic mass is 9.86. The number of hydrogen-bond acceptors (Lipinski definition) is 6. The van der Waals surface area contributed by atoms with Gasteiger partial charge in [0.1, 0.15) is 17.6 Å². The Hall–Kier alpha value is -1.89. The number of cyclic esters (lactones) is 1. The summed E-state index contributed by atoms with van der Waals surface area (Å²) in [6, 6.07) is 6.78. The highest BCUT2D eigenvalue weighted by Crippen LogP contribution is 2.26. The van der Waals surface area contributed by atoms with Crippen molar-refractivity contribution in [2.75, 3.05) is 5.75 Å². The molecule has 0 radical (unpaired) electrons. The molecule has 0 aromatic heterocycles. The van der Waals surface area contributed by atoms with Gasteiger partial charge in [0.05, 0.1) is 5.75 Å². The fourth-order valence-electron chi connectivity index (χ4n) is 2.88. The molecule has 2 fully saturated rings. The van der Waals surface area contributed by atoms with Crippen LogP contribution in [0.5, 0.6) is 5.75 Å². The van der Waals surface area contributed by atoms with Crippen molar-refractivity contribution in [3.05, 3.63) is 29.8 Å². The molecule has 0 amide bonds. The van der Waals surface area contributed by atoms with Crippen molar-refractivity contribution >= 4 is 21.9 Å². The maximum atomic E-state index is 12.0. The third-order valence-corrected chi connectivity index (χ3v) is 5.35. The molecule has 23 heavy (non-hydrogen) atoms. The van der Waals surface area contributed by atoms with Gasteiger partial charge in [-0.3, -0.25) is 9.59 Å². The molecule has 124 valence electrons. The van der Waals surface area contributed by atoms with E-state index < -0.39 is 10.1 Å². The predicted octanol–water partition coefficient (Wildman–Crippen LogP) is 1.62. The molecule has 1 aliphatic heterocycles. The summed E-state index contributed by atoms with van der Waals surface area (Å²) in [7, 11) is -3.71. The molecule has 1 unspecified atom stereocenters. The van der Waals surface area contributed by atoms with E-state index in [2.05, 4.69) is 0 Å². The lowest BCUT2D eigenvalue weighted by Crippen LogP contribution is -2.31. The molecule has 1 aliphatic carbocycles. The maximum absolute atomic E-state index is 12.0. The van der Waals surface area contributed by atoms with Crippen molar-refractivity contribution in [2.45, 2.75) is 38.2 Å². The zero-order chi connectivity index (χ0) is 16.4. The molecule has 0 bridgehead atoms. The van der Waals surface area contributed by atoms with E-state index in [9.17, 15) is 18.0 Å². The zero-order valence-electron chi connectivity index (χ0n) is 12.6. The molecule has 1 saturated heterocycles. The summed E-state index contributed by atoms with van der Waals surface area (Å²) in [5, 5.41) is 0. The summed E-state index contributed by atoms with van der Waals surface area (Å²) in [4.78, 5) is 22.0. The minimum absolute atomic E-state index is 0.0957. The van der Waals surface area contributed by atoms with Crippen LogP contribution in [0.1, 0.15) is 31.2 Å². The number of rotatable bonds is 6. The monoisotopic (exact) mass is 338 g/mol. The van der Waals surface area contributed by atoms with Gasteiger partial charge in [0.15, 0.2) is 0 Å². The van der Waals surface area contributed by atoms with E-state index >= 15 is 0 Å². The molecule has 0 spiro atoms. The molecular formula is C16H18O6S. The van der Waals surface area contributed by atoms with Crippen LogP contribution in [0.3, 0.4) is 0 Å². The number of ketones is 1. The van der Waals surface area contributed by atoms with Crippen molar-refractivity contribution in [2.24, 2.45) is 5.92 Å². The predicted molar refractivity (Wildman–Crippen MR) is 81.4 cm³/mol. The maximum Gasteiger partial charge on any atom is 0.309 e. The number of benzene rings is 1. The van der Waals surface area contributed by atoms with Crippen LogP contribution in [0, 0.1) is 5.92 Å². The molecular weight excluding hydrogens is 320 g/mol. The van der Waals surface area contributed by atoms with Crippen LogP contribution < -0.4 is 4.18 Å². The van der Waals surface area contributed by atoms with E-state index in [1.807, 2.05) is 6.07 Å². The van der Waals surface area contributed by atoms with Crippen LogP contribution in [0.4, 0.5) is 0 Å². The zero-order valence-corrected chi connectivity index (χ0v) is 13.4. The third kappa shape index (κ3) is 4.31. The van der Waals surface area contributed by atoms with E-state index in [0.717, 1.165) is 5.56 Å². The van der Waals surface area contributed by atoms with Gasteiger partial charge >= 0.3 is 16.1 Å². The Bertz CT molecular complexity index is 716. The van der Waals surface area contributed by atoms with Gasteiger partial charge in [0.2, 0.25) is 0 Å². The first-order valence-corrected chi connectivity index (χ1v) is 9.20. The minimum atomic E-state index is -3.71. The molecule has 1 saturated carbocycles. The second-order valence-corrected chi connectivity index (χ2v) is 7.74. The van der Waals surface area contributed by atoms with Crippen molar-refractivity contribution in [3.8, 4) is 5.75 Å². The van der Waals surface area contributed by atoms with Crippen LogP contribution >= 0.6 is 0 Å². The Morgan fingerprint density at radius 1 is 1.22 bits per heavy atom. The molecule has 1 heterocycles. The number of hydrogen-bond donors (Lipinski definition) is 0. The summed E-state index contributed by atoms with van der Waals surface area (Å²) < 4.78 is 34.3. The number of carbonyl (C=O) groups is 2. The minimum Gasteiger partial charge on any atom is -0.462 e. The SMILES string of the molecule is O=C1CC(CS(=O)(=O)Oc2cccc(CC3CCC(=O)O3)c2)C1. The lowest BCUT2D eigenvalue weighted by molar-refractivity contribution is -0.141. The average Bonchev–Trinajstić information content (AvgIpc) is 2.82. The molecule has 3 rings (SSSR count). The largest absolute Gasteiger partial charge is 0.462 e. The van der Waals surface area contributed by atoms with Crippen LogP contribution in [0.2, 0.25) is 0 Å². The molecule has 6 nitrogen and oxygen atoms in total. The Morgan fingerprint density at radius 3 is 2.65 bits per heavy atom. The Balaban J connectivity index is 1.60. The molecule has 0 N–H and O–H groups in total. The highest BCUT2D eigenvalue weighted by Gasteiger charge is 2.32. The van der Waals surface area contributed by atoms with Crippen LogP contribution in [-0.2, 0) is 30.9 Å². The topological polar surface area (TPSA) is 86.7 Å². The fraction of sp³-hybridized carbons (Fsp3) is 0.500. The highest BCUT2D eigenvalue weighted by molar-refractivity contribution is 7.87. The first kappa shape index (κ1) is 16.0. The van der Waals surface area contributed by atoms with Gasteiger partial charge < -0.3 is 8.92 Å². The van der Waals surface area contributed by atoms with Crippen LogP contribution in [0.15, 0.2) is 24.3 Å². The lowest BCUT2D eigenvalue weighted by Gasteiger charge is -2.23. The van der Waals surface area contributed by atoms with Crippen molar-refractivity contribution in [3.63, 3.8) is 0 Å². The number of esters is 1. The summed E-state index contributed by atoms with van der Waals surface area (Å²) in [6.45, 7) is 0. The number of Topliss-reactive ketones (excluding diaryl/α,β-unsaturated/α-hetero) is 1. The van der Waals surface area contributed by atoms with Gasteiger partial charge in [-0.25, -0.2) is 0 Å². The van der Waals surface area contributed by atoms with E-state index in [-0.39, 0.29) is 35.3 Å². The third-order valence-electron chi connectivity index (χ3n) is 4.03. The van der Waals surface area contributed by atoms with Gasteiger partial charge in [-0.05, 0) is 30.0 Å². The van der Waals surface area contributed by atoms with Gasteiger partial charge in [-0.2, -0.15) is 8.42 Å². The molecule has 1 atom stereocenters. The summed E-state index contributed by atoms with van der Waals surface area (Å²) in [6.07, 6.45) is 2.12. The van der Waals surface area contributed by atoms with Gasteiger partial charge in [0, 0.05) is 25.7 Å². The van der Waals surface area contributed by atoms with Gasteiger partial charge in [-0.1, -0.05) is 12.1 Å². The van der Waals surface area contributed by atoms with Crippen molar-refractivity contribution in [1.29, 1.82) is 0 Å². The Kier molecular flexibility index (Phi) is 4.39. The fourth-order valence-corrected chi connectivity index (χ4v) is 4.16. The molecule has 1 aromatic carbocycles. The van der Waals surface area contributed by atoms with Crippen LogP contribution in [0.25, 0.3) is 0 Å². The van der Waals surface area contributed by atoms with Crippen LogP contribution in [-0.4, -0.2) is 32.0 Å². The van der Waals surface area contributed by atoms with Crippen molar-refractivity contribution < 1.29 is 26.9 Å². The van der Waals surface area contributed by atoms with E-state index in [1.165, 1.54) is 0 Å². The van der Waals surface area contributed by atoms with Gasteiger partial charge in [-0.15, -0.1) is 0 Å². The van der Waals surface area contributed by atoms with E-state index in [1.54, 1.807) is 18.2 Å². The molecule has 2 aliphatic rings. The average molecular weight is 338 g/mol. The smallest absolute Gasteiger partial charge is 0.309 e. The molecule has 7 heteroatoms. The quantitative estimate of drug-likeness (QED) is 0.579. The number of ether oxygens (including phenoxy) is 1. The first-order valence-electron chi connectivity index (χ1n) is 7.62. The number of carbonyl (C=O) groups excluding carboxylic acids is 2. The second-order valence-electron chi connectivity index (χ2n) is 6.12. The molecule has 1 aromatic rings. The Morgan fingerprint density at radius 2 is 2.00 bits per heavy atom. The van der Waals surface area contributed by atoms with Crippen molar-refractivity contribution in [1.82, 2.24) is 0 Å². The summed E-state index contributed by atoms with van der Waals surface area (Å²) in [5.41, 5.74) is 0.858. The first-order chi connectivity index (χ1) is 10.9. The highest BCUT2D eigenvalue weighted by atomic mass is 32.2. The standard InChI is InChI=1S/C16H18O6S/c17-13-6-12(7-13)10-23(19,20)22-15-3-1-2-11(9-15)8-14-4-5-16(18)21-14/h1-3,9,12,14H,4-8,10H2. The summed E-state index contributed by atoms with van der Waals surface area (Å²) in [5.74, 6) is -0.118. The van der Waals surface area contributed by atoms with Gasteiger partial charge in [0.25, 0.3) is 0 Å². The van der Waals surface area contributed by atoms with E-state index in [0.29, 0.717) is 32.1 Å².